The van der Waals surface area contributed by atoms with Crippen LogP contribution in [0.3, 0.4) is 0 Å². The number of aliphatic hydroxyl groups is 1. The molecule has 2 N–H and O–H groups in total. The molecule has 0 spiro atoms. The first-order chi connectivity index (χ1) is 9.24. The van der Waals surface area contributed by atoms with Gasteiger partial charge in [-0.2, -0.15) is 0 Å². The van der Waals surface area contributed by atoms with Crippen molar-refractivity contribution in [3.05, 3.63) is 24.3 Å². The van der Waals surface area contributed by atoms with Crippen LogP contribution in [0.15, 0.2) is 24.3 Å². The summed E-state index contributed by atoms with van der Waals surface area (Å²) in [6.07, 6.45) is 1.60. The molecule has 1 rings (SSSR count). The second kappa shape index (κ2) is 9.64. The van der Waals surface area contributed by atoms with Crippen molar-refractivity contribution in [2.45, 2.75) is 32.8 Å². The topological polar surface area (TPSA) is 50.7 Å². The number of benzene rings is 1. The van der Waals surface area contributed by atoms with E-state index in [2.05, 4.69) is 5.32 Å². The molecule has 4 heteroatoms. The molecule has 1 aromatic carbocycles. The number of nitrogens with one attached hydrogen (secondary N) is 1. The van der Waals surface area contributed by atoms with Crippen molar-refractivity contribution in [1.29, 1.82) is 0 Å². The molecule has 19 heavy (non-hydrogen) atoms. The monoisotopic (exact) mass is 267 g/mol. The van der Waals surface area contributed by atoms with Crippen LogP contribution >= 0.6 is 0 Å². The zero-order chi connectivity index (χ0) is 13.9. The van der Waals surface area contributed by atoms with Crippen LogP contribution in [0.1, 0.15) is 26.7 Å². The summed E-state index contributed by atoms with van der Waals surface area (Å²) in [4.78, 5) is 0. The van der Waals surface area contributed by atoms with E-state index in [1.165, 1.54) is 0 Å². The summed E-state index contributed by atoms with van der Waals surface area (Å²) < 4.78 is 11.2. The van der Waals surface area contributed by atoms with Gasteiger partial charge in [-0.1, -0.05) is 12.1 Å². The molecule has 0 heterocycles. The fourth-order valence-corrected chi connectivity index (χ4v) is 1.72. The first kappa shape index (κ1) is 15.8. The zero-order valence-corrected chi connectivity index (χ0v) is 11.9. The molecule has 0 aliphatic heterocycles. The highest BCUT2D eigenvalue weighted by Crippen LogP contribution is 2.25. The maximum atomic E-state index is 9.12. The predicted molar refractivity (Wildman–Crippen MR) is 76.9 cm³/mol. The van der Waals surface area contributed by atoms with Crippen LogP contribution in [0.2, 0.25) is 0 Å². The summed E-state index contributed by atoms with van der Waals surface area (Å²) >= 11 is 0. The summed E-state index contributed by atoms with van der Waals surface area (Å²) in [5.74, 6) is 1.58. The number of para-hydroxylation sites is 2. The van der Waals surface area contributed by atoms with Gasteiger partial charge in [0, 0.05) is 6.54 Å². The fourth-order valence-electron chi connectivity index (χ4n) is 1.72. The quantitative estimate of drug-likeness (QED) is 0.638. The van der Waals surface area contributed by atoms with Gasteiger partial charge in [-0.05, 0) is 45.4 Å². The van der Waals surface area contributed by atoms with Gasteiger partial charge in [0.15, 0.2) is 11.5 Å². The predicted octanol–water partition coefficient (Wildman–Crippen LogP) is 2.21. The molecule has 0 radical (unpaired) electrons. The molecular formula is C15H25NO3. The largest absolute Gasteiger partial charge is 0.490 e. The van der Waals surface area contributed by atoms with Crippen LogP contribution in [-0.2, 0) is 0 Å². The third-order valence-corrected chi connectivity index (χ3v) is 2.66. The molecule has 108 valence electrons. The zero-order valence-electron chi connectivity index (χ0n) is 11.9. The van der Waals surface area contributed by atoms with E-state index in [0.717, 1.165) is 37.4 Å². The summed E-state index contributed by atoms with van der Waals surface area (Å²) in [6, 6.07) is 7.70. The van der Waals surface area contributed by atoms with Gasteiger partial charge in [-0.25, -0.2) is 0 Å². The molecule has 1 aromatic rings. The lowest BCUT2D eigenvalue weighted by Gasteiger charge is -2.12. The average molecular weight is 267 g/mol. The minimum Gasteiger partial charge on any atom is -0.490 e. The molecule has 1 unspecified atom stereocenters. The van der Waals surface area contributed by atoms with Crippen molar-refractivity contribution in [3.63, 3.8) is 0 Å². The van der Waals surface area contributed by atoms with Crippen molar-refractivity contribution < 1.29 is 14.6 Å². The van der Waals surface area contributed by atoms with E-state index in [-0.39, 0.29) is 6.10 Å². The second-order valence-electron chi connectivity index (χ2n) is 4.47. The molecule has 1 atom stereocenters. The second-order valence-corrected chi connectivity index (χ2v) is 4.47. The van der Waals surface area contributed by atoms with Crippen LogP contribution in [0.4, 0.5) is 0 Å². The molecule has 0 aliphatic carbocycles. The Morgan fingerprint density at radius 1 is 1.16 bits per heavy atom. The Hall–Kier alpha value is -1.26. The van der Waals surface area contributed by atoms with Crippen molar-refractivity contribution >= 4 is 0 Å². The van der Waals surface area contributed by atoms with Crippen molar-refractivity contribution in [2.75, 3.05) is 26.3 Å². The Morgan fingerprint density at radius 2 is 1.84 bits per heavy atom. The van der Waals surface area contributed by atoms with Gasteiger partial charge in [-0.3, -0.25) is 0 Å². The average Bonchev–Trinajstić information content (AvgIpc) is 2.39. The molecule has 0 aromatic heterocycles. The first-order valence-corrected chi connectivity index (χ1v) is 6.97. The highest BCUT2D eigenvalue weighted by molar-refractivity contribution is 5.39. The summed E-state index contributed by atoms with van der Waals surface area (Å²) in [5.41, 5.74) is 0. The Kier molecular flexibility index (Phi) is 8.02. The SMILES string of the molecule is CCOc1ccccc1OCCNCCCC(C)O. The third kappa shape index (κ3) is 7.03. The highest BCUT2D eigenvalue weighted by Gasteiger charge is 2.02. The normalized spacial score (nSPS) is 12.2. The number of hydrogen-bond donors (Lipinski definition) is 2. The van der Waals surface area contributed by atoms with E-state index in [1.54, 1.807) is 0 Å². The summed E-state index contributed by atoms with van der Waals surface area (Å²) in [5, 5.41) is 12.4. The van der Waals surface area contributed by atoms with Gasteiger partial charge >= 0.3 is 0 Å². The maximum absolute atomic E-state index is 9.12. The van der Waals surface area contributed by atoms with E-state index in [1.807, 2.05) is 38.1 Å². The van der Waals surface area contributed by atoms with Gasteiger partial charge < -0.3 is 19.9 Å². The number of hydrogen-bond acceptors (Lipinski definition) is 4. The first-order valence-electron chi connectivity index (χ1n) is 6.97. The molecule has 0 aliphatic rings. The highest BCUT2D eigenvalue weighted by atomic mass is 16.5. The van der Waals surface area contributed by atoms with Gasteiger partial charge in [0.2, 0.25) is 0 Å². The third-order valence-electron chi connectivity index (χ3n) is 2.66. The van der Waals surface area contributed by atoms with E-state index in [4.69, 9.17) is 14.6 Å². The number of rotatable bonds is 10. The molecule has 4 nitrogen and oxygen atoms in total. The Balaban J connectivity index is 2.15. The van der Waals surface area contributed by atoms with Crippen LogP contribution in [0.25, 0.3) is 0 Å². The van der Waals surface area contributed by atoms with Crippen molar-refractivity contribution in [2.24, 2.45) is 0 Å². The molecule has 0 fully saturated rings. The Labute approximate surface area is 115 Å². The van der Waals surface area contributed by atoms with E-state index in [0.29, 0.717) is 13.2 Å². The maximum Gasteiger partial charge on any atom is 0.161 e. The lowest BCUT2D eigenvalue weighted by molar-refractivity contribution is 0.181. The lowest BCUT2D eigenvalue weighted by Crippen LogP contribution is -2.22. The molecule has 0 saturated carbocycles. The van der Waals surface area contributed by atoms with Crippen LogP contribution in [0.5, 0.6) is 11.5 Å². The van der Waals surface area contributed by atoms with Gasteiger partial charge in [0.1, 0.15) is 6.61 Å². The molecular weight excluding hydrogens is 242 g/mol. The standard InChI is InChI=1S/C15H25NO3/c1-3-18-14-8-4-5-9-15(14)19-12-11-16-10-6-7-13(2)17/h4-5,8-9,13,16-17H,3,6-7,10-12H2,1-2H3. The summed E-state index contributed by atoms with van der Waals surface area (Å²) in [7, 11) is 0. The minimum absolute atomic E-state index is 0.212. The molecule has 0 amide bonds. The molecule has 0 saturated heterocycles. The van der Waals surface area contributed by atoms with Gasteiger partial charge in [0.25, 0.3) is 0 Å². The Bertz CT molecular complexity index is 342. The fraction of sp³-hybridized carbons (Fsp3) is 0.600. The van der Waals surface area contributed by atoms with Gasteiger partial charge in [-0.15, -0.1) is 0 Å². The van der Waals surface area contributed by atoms with E-state index < -0.39 is 0 Å². The van der Waals surface area contributed by atoms with Crippen LogP contribution in [0, 0.1) is 0 Å². The number of aliphatic hydroxyl groups excluding tert-OH is 1. The number of ether oxygens (including phenoxy) is 2. The lowest BCUT2D eigenvalue weighted by atomic mass is 10.2. The van der Waals surface area contributed by atoms with Crippen LogP contribution in [-0.4, -0.2) is 37.5 Å². The minimum atomic E-state index is -0.212. The van der Waals surface area contributed by atoms with Crippen LogP contribution < -0.4 is 14.8 Å². The van der Waals surface area contributed by atoms with E-state index in [9.17, 15) is 0 Å². The van der Waals surface area contributed by atoms with Crippen molar-refractivity contribution in [3.8, 4) is 11.5 Å². The van der Waals surface area contributed by atoms with Crippen molar-refractivity contribution in [1.82, 2.24) is 5.32 Å². The van der Waals surface area contributed by atoms with E-state index >= 15 is 0 Å². The smallest absolute Gasteiger partial charge is 0.161 e. The molecule has 0 bridgehead atoms. The van der Waals surface area contributed by atoms with Gasteiger partial charge in [0.05, 0.1) is 12.7 Å². The summed E-state index contributed by atoms with van der Waals surface area (Å²) in [6.45, 7) is 6.71. The Morgan fingerprint density at radius 3 is 2.47 bits per heavy atom.